The van der Waals surface area contributed by atoms with Crippen LogP contribution in [0.1, 0.15) is 49.8 Å². The highest BCUT2D eigenvalue weighted by atomic mass is 14.9. The van der Waals surface area contributed by atoms with Gasteiger partial charge in [0.15, 0.2) is 0 Å². The van der Waals surface area contributed by atoms with Crippen molar-refractivity contribution in [1.82, 2.24) is 5.32 Å². The van der Waals surface area contributed by atoms with Crippen LogP contribution in [0.25, 0.3) is 0 Å². The molecule has 0 bridgehead atoms. The number of benzene rings is 1. The molecule has 0 heterocycles. The number of hydrogen-bond acceptors (Lipinski definition) is 1. The third-order valence-electron chi connectivity index (χ3n) is 4.81. The van der Waals surface area contributed by atoms with Crippen LogP contribution < -0.4 is 5.32 Å². The van der Waals surface area contributed by atoms with Gasteiger partial charge in [0.05, 0.1) is 0 Å². The molecule has 0 saturated heterocycles. The predicted octanol–water partition coefficient (Wildman–Crippen LogP) is 4.22. The van der Waals surface area contributed by atoms with Crippen LogP contribution in [0.3, 0.4) is 0 Å². The van der Waals surface area contributed by atoms with Crippen LogP contribution in [-0.2, 0) is 6.54 Å². The van der Waals surface area contributed by atoms with Gasteiger partial charge in [0.1, 0.15) is 0 Å². The van der Waals surface area contributed by atoms with Gasteiger partial charge in [-0.3, -0.25) is 0 Å². The molecule has 0 aromatic heterocycles. The summed E-state index contributed by atoms with van der Waals surface area (Å²) in [6.07, 6.45) is 4.06. The van der Waals surface area contributed by atoms with Gasteiger partial charge in [-0.05, 0) is 61.6 Å². The monoisotopic (exact) mass is 245 g/mol. The van der Waals surface area contributed by atoms with Crippen molar-refractivity contribution in [3.63, 3.8) is 0 Å². The van der Waals surface area contributed by atoms with Crippen LogP contribution in [0.15, 0.2) is 18.2 Å². The fourth-order valence-electron chi connectivity index (χ4n) is 3.11. The van der Waals surface area contributed by atoms with E-state index in [9.17, 15) is 0 Å². The van der Waals surface area contributed by atoms with Crippen molar-refractivity contribution in [2.75, 3.05) is 0 Å². The topological polar surface area (TPSA) is 12.0 Å². The molecule has 1 N–H and O–H groups in total. The second kappa shape index (κ2) is 5.88. The summed E-state index contributed by atoms with van der Waals surface area (Å²) in [5.41, 5.74) is 4.32. The molecule has 18 heavy (non-hydrogen) atoms. The first-order valence-corrected chi connectivity index (χ1v) is 7.36. The average Bonchev–Trinajstić information content (AvgIpc) is 2.33. The average molecular weight is 245 g/mol. The fraction of sp³-hybridized carbons (Fsp3) is 0.647. The Labute approximate surface area is 112 Å². The largest absolute Gasteiger partial charge is 0.310 e. The Morgan fingerprint density at radius 2 is 1.72 bits per heavy atom. The van der Waals surface area contributed by atoms with Crippen molar-refractivity contribution in [3.8, 4) is 0 Å². The molecule has 1 aromatic rings. The summed E-state index contributed by atoms with van der Waals surface area (Å²) in [5, 5.41) is 3.77. The van der Waals surface area contributed by atoms with Gasteiger partial charge in [-0.15, -0.1) is 0 Å². The lowest BCUT2D eigenvalue weighted by molar-refractivity contribution is 0.225. The maximum Gasteiger partial charge on any atom is 0.0213 e. The third kappa shape index (κ3) is 3.14. The summed E-state index contributed by atoms with van der Waals surface area (Å²) in [5.74, 6) is 1.78. The molecule has 1 saturated carbocycles. The molecule has 0 spiro atoms. The minimum atomic E-state index is 0.718. The van der Waals surface area contributed by atoms with Crippen molar-refractivity contribution in [2.24, 2.45) is 11.8 Å². The molecule has 100 valence electrons. The van der Waals surface area contributed by atoms with Crippen LogP contribution in [0, 0.1) is 25.7 Å². The zero-order chi connectivity index (χ0) is 13.1. The van der Waals surface area contributed by atoms with Gasteiger partial charge in [-0.2, -0.15) is 0 Å². The van der Waals surface area contributed by atoms with E-state index in [0.717, 1.165) is 24.4 Å². The summed E-state index contributed by atoms with van der Waals surface area (Å²) >= 11 is 0. The van der Waals surface area contributed by atoms with Crippen molar-refractivity contribution < 1.29 is 0 Å². The second-order valence-corrected chi connectivity index (χ2v) is 6.22. The van der Waals surface area contributed by atoms with Crippen LogP contribution in [-0.4, -0.2) is 6.04 Å². The smallest absolute Gasteiger partial charge is 0.0213 e. The summed E-state index contributed by atoms with van der Waals surface area (Å²) in [6, 6.07) is 7.30. The van der Waals surface area contributed by atoms with Crippen molar-refractivity contribution in [1.29, 1.82) is 0 Å². The molecular weight excluding hydrogens is 218 g/mol. The first-order chi connectivity index (χ1) is 8.58. The summed E-state index contributed by atoms with van der Waals surface area (Å²) in [7, 11) is 0. The molecule has 2 rings (SSSR count). The van der Waals surface area contributed by atoms with Crippen molar-refractivity contribution in [3.05, 3.63) is 34.9 Å². The van der Waals surface area contributed by atoms with Gasteiger partial charge in [0, 0.05) is 12.6 Å². The van der Waals surface area contributed by atoms with E-state index in [1.807, 2.05) is 0 Å². The van der Waals surface area contributed by atoms with E-state index >= 15 is 0 Å². The summed E-state index contributed by atoms with van der Waals surface area (Å²) in [6.45, 7) is 10.3. The molecule has 0 aliphatic heterocycles. The van der Waals surface area contributed by atoms with Gasteiger partial charge >= 0.3 is 0 Å². The van der Waals surface area contributed by atoms with Crippen LogP contribution in [0.5, 0.6) is 0 Å². The van der Waals surface area contributed by atoms with E-state index < -0.39 is 0 Å². The molecule has 3 unspecified atom stereocenters. The highest BCUT2D eigenvalue weighted by Gasteiger charge is 2.24. The molecule has 3 atom stereocenters. The maximum absolute atomic E-state index is 3.77. The highest BCUT2D eigenvalue weighted by molar-refractivity contribution is 5.33. The normalized spacial score (nSPS) is 28.3. The lowest BCUT2D eigenvalue weighted by Crippen LogP contribution is -2.36. The number of nitrogens with one attached hydrogen (secondary N) is 1. The van der Waals surface area contributed by atoms with Crippen LogP contribution >= 0.6 is 0 Å². The zero-order valence-corrected chi connectivity index (χ0v) is 12.3. The van der Waals surface area contributed by atoms with E-state index in [-0.39, 0.29) is 0 Å². The SMILES string of the molecule is Cc1cccc(C)c1CNC1CCC(C)C(C)C1. The lowest BCUT2D eigenvalue weighted by atomic mass is 9.79. The first kappa shape index (κ1) is 13.6. The first-order valence-electron chi connectivity index (χ1n) is 7.36. The van der Waals surface area contributed by atoms with Crippen molar-refractivity contribution >= 4 is 0 Å². The second-order valence-electron chi connectivity index (χ2n) is 6.22. The zero-order valence-electron chi connectivity index (χ0n) is 12.3. The Bertz CT molecular complexity index is 376. The van der Waals surface area contributed by atoms with Crippen LogP contribution in [0.4, 0.5) is 0 Å². The Kier molecular flexibility index (Phi) is 4.45. The molecule has 1 aromatic carbocycles. The minimum absolute atomic E-state index is 0.718. The Balaban J connectivity index is 1.92. The number of hydrogen-bond donors (Lipinski definition) is 1. The maximum atomic E-state index is 3.77. The standard InChI is InChI=1S/C17H27N/c1-12-8-9-16(10-15(12)4)18-11-17-13(2)6-5-7-14(17)3/h5-7,12,15-16,18H,8-11H2,1-4H3. The molecule has 1 heteroatoms. The molecule has 0 amide bonds. The van der Waals surface area contributed by atoms with Crippen molar-refractivity contribution in [2.45, 2.75) is 59.5 Å². The minimum Gasteiger partial charge on any atom is -0.310 e. The number of rotatable bonds is 3. The van der Waals surface area contributed by atoms with E-state index in [1.165, 1.54) is 36.0 Å². The Morgan fingerprint density at radius 3 is 2.33 bits per heavy atom. The Morgan fingerprint density at radius 1 is 1.06 bits per heavy atom. The quantitative estimate of drug-likeness (QED) is 0.841. The summed E-state index contributed by atoms with van der Waals surface area (Å²) < 4.78 is 0. The molecule has 0 radical (unpaired) electrons. The van der Waals surface area contributed by atoms with Gasteiger partial charge < -0.3 is 5.32 Å². The third-order valence-corrected chi connectivity index (χ3v) is 4.81. The van der Waals surface area contributed by atoms with E-state index in [2.05, 4.69) is 51.2 Å². The van der Waals surface area contributed by atoms with E-state index in [4.69, 9.17) is 0 Å². The predicted molar refractivity (Wildman–Crippen MR) is 78.7 cm³/mol. The summed E-state index contributed by atoms with van der Waals surface area (Å²) in [4.78, 5) is 0. The van der Waals surface area contributed by atoms with Gasteiger partial charge in [0.25, 0.3) is 0 Å². The molecule has 1 fully saturated rings. The van der Waals surface area contributed by atoms with E-state index in [0.29, 0.717) is 0 Å². The van der Waals surface area contributed by atoms with Gasteiger partial charge in [-0.25, -0.2) is 0 Å². The fourth-order valence-corrected chi connectivity index (χ4v) is 3.11. The lowest BCUT2D eigenvalue weighted by Gasteiger charge is -2.33. The van der Waals surface area contributed by atoms with E-state index in [1.54, 1.807) is 0 Å². The molecular formula is C17H27N. The molecule has 1 aliphatic carbocycles. The Hall–Kier alpha value is -0.820. The van der Waals surface area contributed by atoms with Gasteiger partial charge in [0.2, 0.25) is 0 Å². The highest BCUT2D eigenvalue weighted by Crippen LogP contribution is 2.29. The molecule has 1 aliphatic rings. The number of aryl methyl sites for hydroxylation is 2. The van der Waals surface area contributed by atoms with Crippen LogP contribution in [0.2, 0.25) is 0 Å². The van der Waals surface area contributed by atoms with Gasteiger partial charge in [-0.1, -0.05) is 32.0 Å². The molecule has 1 nitrogen and oxygen atoms in total.